The lowest BCUT2D eigenvalue weighted by molar-refractivity contribution is 0.0220. The fourth-order valence-electron chi connectivity index (χ4n) is 5.31. The molecule has 0 saturated carbocycles. The minimum absolute atomic E-state index is 0.0885. The fraction of sp³-hybridized carbons (Fsp3) is 0.533. The van der Waals surface area contributed by atoms with Gasteiger partial charge in [-0.15, -0.1) is 0 Å². The number of nitrogens with zero attached hydrogens (tertiary/aromatic N) is 3. The summed E-state index contributed by atoms with van der Waals surface area (Å²) in [7, 11) is 1.51. The van der Waals surface area contributed by atoms with Crippen LogP contribution in [-0.4, -0.2) is 84.0 Å². The molecule has 1 aliphatic heterocycles. The summed E-state index contributed by atoms with van der Waals surface area (Å²) in [6.07, 6.45) is -0.645. The van der Waals surface area contributed by atoms with Gasteiger partial charge in [-0.1, -0.05) is 18.2 Å². The third-order valence-corrected chi connectivity index (χ3v) is 7.08. The lowest BCUT2D eigenvalue weighted by atomic mass is 9.89. The van der Waals surface area contributed by atoms with Gasteiger partial charge in [0, 0.05) is 47.0 Å². The molecule has 2 aromatic heterocycles. The van der Waals surface area contributed by atoms with Crippen LogP contribution in [0.5, 0.6) is 11.6 Å². The number of fused-ring (bicyclic) bond motifs is 3. The van der Waals surface area contributed by atoms with Crippen LogP contribution in [0.25, 0.3) is 10.9 Å². The van der Waals surface area contributed by atoms with E-state index in [1.807, 2.05) is 31.2 Å². The van der Waals surface area contributed by atoms with Crippen molar-refractivity contribution in [3.8, 4) is 11.6 Å². The highest BCUT2D eigenvalue weighted by atomic mass is 19.3. The molecule has 2 atom stereocenters. The molecule has 3 aromatic rings. The van der Waals surface area contributed by atoms with Gasteiger partial charge >= 0.3 is 6.09 Å². The van der Waals surface area contributed by atoms with Crippen LogP contribution in [0, 0.1) is 0 Å². The van der Waals surface area contributed by atoms with Crippen LogP contribution >= 0.6 is 0 Å². The fourth-order valence-corrected chi connectivity index (χ4v) is 5.31. The third-order valence-electron chi connectivity index (χ3n) is 7.08. The molecule has 0 fully saturated rings. The van der Waals surface area contributed by atoms with Gasteiger partial charge in [-0.25, -0.2) is 18.6 Å². The van der Waals surface area contributed by atoms with Gasteiger partial charge in [-0.05, 0) is 52.2 Å². The molecule has 1 N–H and O–H groups in total. The van der Waals surface area contributed by atoms with E-state index in [4.69, 9.17) is 14.2 Å². The van der Waals surface area contributed by atoms with E-state index in [0.717, 1.165) is 22.2 Å². The summed E-state index contributed by atoms with van der Waals surface area (Å²) < 4.78 is 57.3. The lowest BCUT2D eigenvalue weighted by Crippen LogP contribution is -2.45. The molecule has 8 nitrogen and oxygen atoms in total. The van der Waals surface area contributed by atoms with Crippen LogP contribution in [0.15, 0.2) is 36.5 Å². The number of pyridine rings is 1. The standard InChI is InChI=1S/C30H39F3N4O4/c1-19-15-21-20-9-6-7-10-23(20)35-27(21)28(37(19)18-25(32)33)22-17-34-26(16-24(22)39-5)40-14-13-36(12-8-11-31)29(38)41-30(2,3)4/h6-7,9-10,16-17,19,25,28,35H,8,11-15,18H2,1-5H3/t19-,28-/m1/s1. The molecular weight excluding hydrogens is 537 g/mol. The minimum Gasteiger partial charge on any atom is -0.496 e. The molecular formula is C30H39F3N4O4. The Hall–Kier alpha value is -3.47. The zero-order valence-electron chi connectivity index (χ0n) is 24.3. The molecule has 224 valence electrons. The number of rotatable bonds is 11. The van der Waals surface area contributed by atoms with Gasteiger partial charge in [0.05, 0.1) is 32.9 Å². The highest BCUT2D eigenvalue weighted by molar-refractivity contribution is 5.85. The molecule has 1 aliphatic rings. The van der Waals surface area contributed by atoms with Gasteiger partial charge in [0.15, 0.2) is 0 Å². The second kappa shape index (κ2) is 13.0. The Balaban J connectivity index is 1.59. The van der Waals surface area contributed by atoms with E-state index in [-0.39, 0.29) is 38.0 Å². The Kier molecular flexibility index (Phi) is 9.68. The molecule has 0 radical (unpaired) electrons. The number of aromatic amines is 1. The van der Waals surface area contributed by atoms with Crippen LogP contribution in [-0.2, 0) is 11.2 Å². The number of alkyl halides is 3. The first-order chi connectivity index (χ1) is 19.5. The molecule has 0 spiro atoms. The van der Waals surface area contributed by atoms with E-state index in [1.54, 1.807) is 37.9 Å². The van der Waals surface area contributed by atoms with Crippen molar-refractivity contribution in [2.75, 3.05) is 40.0 Å². The van der Waals surface area contributed by atoms with Crippen molar-refractivity contribution in [3.63, 3.8) is 0 Å². The second-order valence-electron chi connectivity index (χ2n) is 11.2. The van der Waals surface area contributed by atoms with Crippen LogP contribution in [0.1, 0.15) is 57.0 Å². The number of H-pyrrole nitrogens is 1. The van der Waals surface area contributed by atoms with Crippen LogP contribution in [0.2, 0.25) is 0 Å². The topological polar surface area (TPSA) is 79.9 Å². The summed E-state index contributed by atoms with van der Waals surface area (Å²) >= 11 is 0. The van der Waals surface area contributed by atoms with Gasteiger partial charge < -0.3 is 24.1 Å². The molecule has 0 unspecified atom stereocenters. The van der Waals surface area contributed by atoms with Gasteiger partial charge in [-0.2, -0.15) is 0 Å². The molecule has 0 saturated heterocycles. The predicted octanol–water partition coefficient (Wildman–Crippen LogP) is 6.15. The zero-order chi connectivity index (χ0) is 29.7. The summed E-state index contributed by atoms with van der Waals surface area (Å²) in [5.74, 6) is 0.695. The largest absolute Gasteiger partial charge is 0.496 e. The van der Waals surface area contributed by atoms with Crippen molar-refractivity contribution in [1.82, 2.24) is 19.8 Å². The number of aromatic nitrogens is 2. The molecule has 1 amide bonds. The van der Waals surface area contributed by atoms with E-state index >= 15 is 0 Å². The van der Waals surface area contributed by atoms with Crippen molar-refractivity contribution >= 4 is 17.0 Å². The minimum atomic E-state index is -2.52. The molecule has 41 heavy (non-hydrogen) atoms. The number of amides is 1. The smallest absolute Gasteiger partial charge is 0.410 e. The molecule has 3 heterocycles. The summed E-state index contributed by atoms with van der Waals surface area (Å²) in [6, 6.07) is 8.87. The predicted molar refractivity (Wildman–Crippen MR) is 151 cm³/mol. The molecule has 0 aliphatic carbocycles. The Bertz CT molecular complexity index is 1330. The maximum atomic E-state index is 13.8. The number of benzene rings is 1. The van der Waals surface area contributed by atoms with Crippen LogP contribution < -0.4 is 9.47 Å². The Morgan fingerprint density at radius 1 is 1.24 bits per heavy atom. The average Bonchev–Trinajstić information content (AvgIpc) is 3.27. The lowest BCUT2D eigenvalue weighted by Gasteiger charge is -2.41. The van der Waals surface area contributed by atoms with Crippen molar-refractivity contribution in [3.05, 3.63) is 53.3 Å². The summed E-state index contributed by atoms with van der Waals surface area (Å²) in [6.45, 7) is 6.74. The van der Waals surface area contributed by atoms with E-state index in [1.165, 1.54) is 12.0 Å². The van der Waals surface area contributed by atoms with Crippen molar-refractivity contribution in [1.29, 1.82) is 0 Å². The van der Waals surface area contributed by atoms with Gasteiger partial charge in [0.1, 0.15) is 18.0 Å². The number of carbonyl (C=O) groups excluding carboxylic acids is 1. The first-order valence-corrected chi connectivity index (χ1v) is 13.9. The number of ether oxygens (including phenoxy) is 3. The number of hydrogen-bond donors (Lipinski definition) is 1. The SMILES string of the molecule is COc1cc(OCCN(CCCF)C(=O)OC(C)(C)C)ncc1[C@@H]1c2[nH]c3ccccc3c2C[C@@H](C)N1CC(F)F. The number of nitrogens with one attached hydrogen (secondary N) is 1. The summed E-state index contributed by atoms with van der Waals surface area (Å²) in [5.41, 5.74) is 2.85. The third kappa shape index (κ3) is 7.25. The normalized spacial score (nSPS) is 17.5. The molecule has 1 aromatic carbocycles. The first kappa shape index (κ1) is 30.5. The van der Waals surface area contributed by atoms with Gasteiger partial charge in [0.2, 0.25) is 5.88 Å². The maximum absolute atomic E-state index is 13.8. The van der Waals surface area contributed by atoms with Crippen molar-refractivity contribution < 1.29 is 32.2 Å². The van der Waals surface area contributed by atoms with Gasteiger partial charge in [0.25, 0.3) is 6.43 Å². The monoisotopic (exact) mass is 576 g/mol. The van der Waals surface area contributed by atoms with Gasteiger partial charge in [-0.3, -0.25) is 9.29 Å². The van der Waals surface area contributed by atoms with Crippen LogP contribution in [0.3, 0.4) is 0 Å². The molecule has 0 bridgehead atoms. The number of methoxy groups -OCH3 is 1. The first-order valence-electron chi connectivity index (χ1n) is 13.9. The maximum Gasteiger partial charge on any atom is 0.410 e. The number of para-hydroxylation sites is 1. The van der Waals surface area contributed by atoms with Crippen LogP contribution in [0.4, 0.5) is 18.0 Å². The quantitative estimate of drug-likeness (QED) is 0.295. The summed E-state index contributed by atoms with van der Waals surface area (Å²) in [4.78, 5) is 23.7. The molecule has 11 heteroatoms. The van der Waals surface area contributed by atoms with Crippen molar-refractivity contribution in [2.45, 2.75) is 64.6 Å². The van der Waals surface area contributed by atoms with Crippen molar-refractivity contribution in [2.24, 2.45) is 0 Å². The Morgan fingerprint density at radius 2 is 2.00 bits per heavy atom. The Labute approximate surface area is 238 Å². The highest BCUT2D eigenvalue weighted by Gasteiger charge is 2.38. The average molecular weight is 577 g/mol. The van der Waals surface area contributed by atoms with E-state index in [9.17, 15) is 18.0 Å². The molecule has 4 rings (SSSR count). The zero-order valence-corrected chi connectivity index (χ0v) is 24.3. The number of halogens is 3. The van der Waals surface area contributed by atoms with E-state index < -0.39 is 37.4 Å². The van der Waals surface area contributed by atoms with E-state index in [2.05, 4.69) is 9.97 Å². The Morgan fingerprint density at radius 3 is 2.68 bits per heavy atom. The van der Waals surface area contributed by atoms with E-state index in [0.29, 0.717) is 17.7 Å². The highest BCUT2D eigenvalue weighted by Crippen LogP contribution is 2.44. The second-order valence-corrected chi connectivity index (χ2v) is 11.2. The number of carbonyl (C=O) groups is 1. The summed E-state index contributed by atoms with van der Waals surface area (Å²) in [5, 5.41) is 1.07. The number of hydrogen-bond acceptors (Lipinski definition) is 6.